The van der Waals surface area contributed by atoms with Gasteiger partial charge in [0.05, 0.1) is 21.3 Å². The number of ether oxygens (including phenoxy) is 2. The van der Waals surface area contributed by atoms with Gasteiger partial charge in [-0.1, -0.05) is 61.1 Å². The Balaban J connectivity index is 1.41. The van der Waals surface area contributed by atoms with Crippen molar-refractivity contribution in [3.63, 3.8) is 0 Å². The van der Waals surface area contributed by atoms with Crippen molar-refractivity contribution in [3.05, 3.63) is 54.6 Å². The number of nitrogens with zero attached hydrogens (tertiary/aromatic N) is 1. The normalized spacial score (nSPS) is 26.0. The Hall–Kier alpha value is -1.42. The molecule has 3 unspecified atom stereocenters. The van der Waals surface area contributed by atoms with E-state index >= 15 is 0 Å². The van der Waals surface area contributed by atoms with Crippen LogP contribution in [-0.4, -0.2) is 72.7 Å². The molecule has 4 rings (SSSR count). The molecule has 0 bridgehead atoms. The second kappa shape index (κ2) is 14.4. The summed E-state index contributed by atoms with van der Waals surface area (Å²) in [4.78, 5) is 14.5. The van der Waals surface area contributed by atoms with Crippen LogP contribution in [-0.2, 0) is 26.9 Å². The molecule has 0 spiro atoms. The van der Waals surface area contributed by atoms with Crippen LogP contribution in [0.2, 0.25) is 56.9 Å². The van der Waals surface area contributed by atoms with Crippen molar-refractivity contribution in [3.8, 4) is 0 Å². The molecule has 2 aromatic rings. The predicted molar refractivity (Wildman–Crippen MR) is 175 cm³/mol. The summed E-state index contributed by atoms with van der Waals surface area (Å²) in [5.41, 5.74) is 1.80. The van der Waals surface area contributed by atoms with Gasteiger partial charge in [-0.25, -0.2) is 0 Å². The van der Waals surface area contributed by atoms with E-state index in [2.05, 4.69) is 50.9 Å². The lowest BCUT2D eigenvalue weighted by Crippen LogP contribution is -2.51. The van der Waals surface area contributed by atoms with E-state index in [1.807, 2.05) is 36.4 Å². The minimum atomic E-state index is -2.43. The molecule has 2 aliphatic heterocycles. The molecule has 1 radical (unpaired) electrons. The van der Waals surface area contributed by atoms with Crippen LogP contribution in [0, 0.1) is 0 Å². The van der Waals surface area contributed by atoms with Gasteiger partial charge in [0.25, 0.3) is 0 Å². The van der Waals surface area contributed by atoms with E-state index in [1.54, 1.807) is 11.8 Å². The van der Waals surface area contributed by atoms with E-state index in [0.717, 1.165) is 68.2 Å². The topological polar surface area (TPSA) is 69.8 Å². The molecule has 3 atom stereocenters. The summed E-state index contributed by atoms with van der Waals surface area (Å²) in [6.45, 7) is 16.2. The molecule has 0 aromatic heterocycles. The number of para-hydroxylation sites is 1. The lowest BCUT2D eigenvalue weighted by atomic mass is 10.2. The fourth-order valence-corrected chi connectivity index (χ4v) is 20.9. The highest BCUT2D eigenvalue weighted by atomic mass is 28.5. The molecule has 41 heavy (non-hydrogen) atoms. The molecule has 2 heterocycles. The molecule has 0 N–H and O–H groups in total. The van der Waals surface area contributed by atoms with Crippen molar-refractivity contribution < 1.29 is 26.9 Å². The Labute approximate surface area is 251 Å². The molecule has 1 amide bonds. The van der Waals surface area contributed by atoms with Crippen molar-refractivity contribution in [1.29, 1.82) is 0 Å². The first-order valence-corrected chi connectivity index (χ1v) is 25.4. The fourth-order valence-electron chi connectivity index (χ4n) is 5.45. The molecule has 2 aliphatic rings. The lowest BCUT2D eigenvalue weighted by Gasteiger charge is -2.37. The Morgan fingerprint density at radius 2 is 1.78 bits per heavy atom. The zero-order valence-electron chi connectivity index (χ0n) is 25.7. The molecule has 0 aliphatic carbocycles. The Morgan fingerprint density at radius 1 is 1.05 bits per heavy atom. The van der Waals surface area contributed by atoms with Gasteiger partial charge in [0.15, 0.2) is 8.32 Å². The van der Waals surface area contributed by atoms with Crippen molar-refractivity contribution >= 4 is 56.7 Å². The summed E-state index contributed by atoms with van der Waals surface area (Å²) >= 11 is 0. The summed E-state index contributed by atoms with van der Waals surface area (Å²) in [6, 6.07) is 22.6. The Kier molecular flexibility index (Phi) is 11.4. The van der Waals surface area contributed by atoms with Crippen LogP contribution in [0.4, 0.5) is 11.4 Å². The van der Waals surface area contributed by atoms with Gasteiger partial charge >= 0.3 is 17.8 Å². The number of rotatable bonds is 11. The van der Waals surface area contributed by atoms with E-state index in [1.165, 1.54) is 5.19 Å². The number of anilines is 2. The monoisotopic (exact) mass is 630 g/mol. The van der Waals surface area contributed by atoms with Crippen LogP contribution < -0.4 is 10.1 Å². The standard InChI is InChI=1S/C30H48NO6Si4/c1-26(32)31(27-13-8-7-9-14-27)28-15-12-16-30(23-28)39(3,4)21-22-41(6)35-17-10-11-19-40(5,36-38(2)37-41)20-18-33-24-29-25-34-29/h7-9,12-16,23,29H,10-11,17-22,24-25H2,1-6H3. The van der Waals surface area contributed by atoms with Crippen LogP contribution >= 0.6 is 0 Å². The number of hydrogen-bond donors (Lipinski definition) is 0. The maximum atomic E-state index is 12.7. The van der Waals surface area contributed by atoms with Gasteiger partial charge < -0.3 is 22.1 Å². The second-order valence-corrected chi connectivity index (χ2v) is 26.9. The van der Waals surface area contributed by atoms with Gasteiger partial charge in [0.2, 0.25) is 5.91 Å². The van der Waals surface area contributed by atoms with Gasteiger partial charge in [-0.3, -0.25) is 9.69 Å². The molecule has 2 aromatic carbocycles. The highest BCUT2D eigenvalue weighted by molar-refractivity contribution is 6.91. The van der Waals surface area contributed by atoms with Crippen molar-refractivity contribution in [2.24, 2.45) is 0 Å². The summed E-state index contributed by atoms with van der Waals surface area (Å²) in [7, 11) is -7.65. The van der Waals surface area contributed by atoms with Crippen molar-refractivity contribution in [2.45, 2.75) is 82.8 Å². The number of benzene rings is 2. The maximum absolute atomic E-state index is 12.7. The number of carbonyl (C=O) groups excluding carboxylic acids is 1. The quantitative estimate of drug-likeness (QED) is 0.165. The molecule has 2 saturated heterocycles. The Morgan fingerprint density at radius 3 is 2.49 bits per heavy atom. The first-order chi connectivity index (χ1) is 19.5. The third-order valence-electron chi connectivity index (χ3n) is 8.16. The van der Waals surface area contributed by atoms with Crippen LogP contribution in [0.5, 0.6) is 0 Å². The summed E-state index contributed by atoms with van der Waals surface area (Å²) < 4.78 is 31.3. The SMILES string of the molecule is CC(=O)N(c1ccccc1)c1cccc([Si](C)(C)CC[Si]2(C)OCCCC[Si](C)(CCOCC3CO3)O[Si](C)O2)c1. The number of hydrogen-bond acceptors (Lipinski definition) is 6. The molecule has 11 heteroatoms. The summed E-state index contributed by atoms with van der Waals surface area (Å²) in [5.74, 6) is 0.00714. The van der Waals surface area contributed by atoms with Gasteiger partial charge in [0, 0.05) is 31.5 Å². The minimum Gasteiger partial charge on any atom is -0.435 e. The van der Waals surface area contributed by atoms with Gasteiger partial charge in [-0.05, 0) is 68.5 Å². The highest BCUT2D eigenvalue weighted by Gasteiger charge is 2.41. The van der Waals surface area contributed by atoms with Gasteiger partial charge in [-0.2, -0.15) is 0 Å². The van der Waals surface area contributed by atoms with E-state index < -0.39 is 34.2 Å². The summed E-state index contributed by atoms with van der Waals surface area (Å²) in [6.07, 6.45) is 2.48. The molecule has 0 saturated carbocycles. The number of carbonyl (C=O) groups is 1. The molecule has 7 nitrogen and oxygen atoms in total. The molecule has 225 valence electrons. The maximum Gasteiger partial charge on any atom is 0.360 e. The summed E-state index contributed by atoms with van der Waals surface area (Å²) in [5, 5.41) is 1.34. The van der Waals surface area contributed by atoms with Crippen LogP contribution in [0.3, 0.4) is 0 Å². The molecular weight excluding hydrogens is 583 g/mol. The highest BCUT2D eigenvalue weighted by Crippen LogP contribution is 2.30. The first kappa shape index (κ1) is 32.5. The van der Waals surface area contributed by atoms with Crippen LogP contribution in [0.25, 0.3) is 0 Å². The second-order valence-electron chi connectivity index (χ2n) is 12.5. The average Bonchev–Trinajstić information content (AvgIpc) is 3.75. The third-order valence-corrected chi connectivity index (χ3v) is 22.7. The third kappa shape index (κ3) is 9.80. The average molecular weight is 631 g/mol. The lowest BCUT2D eigenvalue weighted by molar-refractivity contribution is -0.115. The first-order valence-electron chi connectivity index (χ1n) is 15.0. The van der Waals surface area contributed by atoms with E-state index in [-0.39, 0.29) is 5.91 Å². The van der Waals surface area contributed by atoms with Crippen molar-refractivity contribution in [2.75, 3.05) is 31.3 Å². The predicted octanol–water partition coefficient (Wildman–Crippen LogP) is 6.31. The Bertz CT molecular complexity index is 1140. The van der Waals surface area contributed by atoms with E-state index in [0.29, 0.717) is 12.7 Å². The van der Waals surface area contributed by atoms with Crippen LogP contribution in [0.15, 0.2) is 54.6 Å². The molecular formula is C30H48NO6Si4. The largest absolute Gasteiger partial charge is 0.435 e. The zero-order valence-corrected chi connectivity index (χ0v) is 29.7. The number of amides is 1. The smallest absolute Gasteiger partial charge is 0.360 e. The van der Waals surface area contributed by atoms with Gasteiger partial charge in [-0.15, -0.1) is 0 Å². The van der Waals surface area contributed by atoms with E-state index in [9.17, 15) is 4.79 Å². The number of epoxide rings is 1. The van der Waals surface area contributed by atoms with Crippen molar-refractivity contribution in [1.82, 2.24) is 0 Å². The van der Waals surface area contributed by atoms with Gasteiger partial charge in [0.1, 0.15) is 6.10 Å². The molecule has 2 fully saturated rings. The minimum absolute atomic E-state index is 0.00714. The van der Waals surface area contributed by atoms with Crippen LogP contribution in [0.1, 0.15) is 19.8 Å². The zero-order chi connectivity index (χ0) is 29.5. The van der Waals surface area contributed by atoms with E-state index in [4.69, 9.17) is 22.1 Å². The fraction of sp³-hybridized carbons (Fsp3) is 0.567.